The number of hydrogen-bond donors (Lipinski definition) is 1. The molecule has 0 amide bonds. The molecule has 0 aliphatic rings. The fourth-order valence-corrected chi connectivity index (χ4v) is 2.54. The molecule has 126 valence electrons. The van der Waals surface area contributed by atoms with Gasteiger partial charge in [-0.15, -0.1) is 0 Å². The van der Waals surface area contributed by atoms with Crippen molar-refractivity contribution >= 4 is 0 Å². The van der Waals surface area contributed by atoms with Crippen LogP contribution in [0.2, 0.25) is 0 Å². The molecule has 1 aromatic rings. The van der Waals surface area contributed by atoms with E-state index in [1.54, 1.807) is 0 Å². The summed E-state index contributed by atoms with van der Waals surface area (Å²) in [6.07, 6.45) is -0.605. The number of rotatable bonds is 6. The van der Waals surface area contributed by atoms with E-state index < -0.39 is 6.10 Å². The number of aliphatic hydroxyl groups is 1. The van der Waals surface area contributed by atoms with Gasteiger partial charge in [0.25, 0.3) is 0 Å². The maximum atomic E-state index is 9.91. The van der Waals surface area contributed by atoms with Crippen LogP contribution in [0.3, 0.4) is 0 Å². The van der Waals surface area contributed by atoms with Gasteiger partial charge in [-0.25, -0.2) is 0 Å². The van der Waals surface area contributed by atoms with E-state index in [1.807, 2.05) is 19.1 Å². The number of benzene rings is 1. The smallest absolute Gasteiger partial charge is 0.123 e. The Balaban J connectivity index is 3.05. The van der Waals surface area contributed by atoms with Gasteiger partial charge in [0.15, 0.2) is 0 Å². The third-order valence-electron chi connectivity index (χ3n) is 3.53. The van der Waals surface area contributed by atoms with Crippen LogP contribution in [-0.4, -0.2) is 31.0 Å². The van der Waals surface area contributed by atoms with Crippen LogP contribution in [0, 0.1) is 0 Å². The zero-order valence-electron chi connectivity index (χ0n) is 15.2. The molecule has 0 saturated heterocycles. The minimum atomic E-state index is -0.605. The van der Waals surface area contributed by atoms with Crippen LogP contribution in [0.4, 0.5) is 0 Å². The van der Waals surface area contributed by atoms with Gasteiger partial charge < -0.3 is 14.6 Å². The lowest BCUT2D eigenvalue weighted by atomic mass is 9.75. The van der Waals surface area contributed by atoms with E-state index in [1.165, 1.54) is 11.1 Å². The third kappa shape index (κ3) is 5.29. The number of ether oxygens (including phenoxy) is 2. The van der Waals surface area contributed by atoms with Gasteiger partial charge in [-0.1, -0.05) is 53.7 Å². The lowest BCUT2D eigenvalue weighted by Crippen LogP contribution is -2.26. The molecule has 1 N–H and O–H groups in total. The topological polar surface area (TPSA) is 38.7 Å². The molecular weight excluding hydrogens is 276 g/mol. The molecule has 0 aliphatic heterocycles. The van der Waals surface area contributed by atoms with Crippen molar-refractivity contribution in [2.45, 2.75) is 65.4 Å². The van der Waals surface area contributed by atoms with Gasteiger partial charge in [0.1, 0.15) is 18.5 Å². The molecule has 0 heterocycles. The van der Waals surface area contributed by atoms with Crippen LogP contribution in [0.1, 0.15) is 59.6 Å². The second-order valence-electron chi connectivity index (χ2n) is 7.80. The highest BCUT2D eigenvalue weighted by Crippen LogP contribution is 2.39. The van der Waals surface area contributed by atoms with Crippen molar-refractivity contribution in [1.82, 2.24) is 0 Å². The van der Waals surface area contributed by atoms with Crippen LogP contribution in [0.15, 0.2) is 18.2 Å². The molecule has 1 rings (SSSR count). The molecule has 0 saturated carbocycles. The average Bonchev–Trinajstić information content (AvgIpc) is 2.40. The Labute approximate surface area is 135 Å². The van der Waals surface area contributed by atoms with E-state index in [2.05, 4.69) is 47.6 Å². The summed E-state index contributed by atoms with van der Waals surface area (Å²) in [5, 5.41) is 9.91. The molecule has 0 bridgehead atoms. The van der Waals surface area contributed by atoms with Gasteiger partial charge in [0.2, 0.25) is 0 Å². The average molecular weight is 308 g/mol. The normalized spacial score (nSPS) is 14.0. The molecule has 3 nitrogen and oxygen atoms in total. The minimum Gasteiger partial charge on any atom is -0.490 e. The second-order valence-corrected chi connectivity index (χ2v) is 7.80. The highest BCUT2D eigenvalue weighted by Gasteiger charge is 2.28. The Morgan fingerprint density at radius 1 is 1.00 bits per heavy atom. The zero-order chi connectivity index (χ0) is 17.0. The SMILES string of the molecule is CCOCC(O)COc1cccc(C(C)(C)C)c1C(C)(C)C. The summed E-state index contributed by atoms with van der Waals surface area (Å²) in [4.78, 5) is 0. The molecule has 3 heteroatoms. The molecule has 1 unspecified atom stereocenters. The maximum absolute atomic E-state index is 9.91. The van der Waals surface area contributed by atoms with E-state index in [0.717, 1.165) is 5.75 Å². The summed E-state index contributed by atoms with van der Waals surface area (Å²) in [6.45, 7) is 16.3. The highest BCUT2D eigenvalue weighted by atomic mass is 16.5. The second kappa shape index (κ2) is 7.47. The third-order valence-corrected chi connectivity index (χ3v) is 3.53. The minimum absolute atomic E-state index is 0.0237. The van der Waals surface area contributed by atoms with E-state index in [0.29, 0.717) is 13.2 Å². The Kier molecular flexibility index (Phi) is 6.45. The first-order chi connectivity index (χ1) is 10.1. The first-order valence-electron chi connectivity index (χ1n) is 8.10. The lowest BCUT2D eigenvalue weighted by Gasteiger charge is -2.32. The molecule has 0 aromatic heterocycles. The van der Waals surface area contributed by atoms with Crippen molar-refractivity contribution in [3.8, 4) is 5.75 Å². The molecule has 1 aromatic carbocycles. The van der Waals surface area contributed by atoms with Crippen molar-refractivity contribution in [1.29, 1.82) is 0 Å². The Bertz CT molecular complexity index is 467. The van der Waals surface area contributed by atoms with Gasteiger partial charge in [0, 0.05) is 12.2 Å². The standard InChI is InChI=1S/C19H32O3/c1-8-21-12-14(20)13-22-16-11-9-10-15(18(2,3)4)17(16)19(5,6)7/h9-11,14,20H,8,12-13H2,1-7H3. The quantitative estimate of drug-likeness (QED) is 0.861. The Morgan fingerprint density at radius 3 is 2.14 bits per heavy atom. The molecule has 22 heavy (non-hydrogen) atoms. The monoisotopic (exact) mass is 308 g/mol. The fourth-order valence-electron chi connectivity index (χ4n) is 2.54. The first kappa shape index (κ1) is 19.0. The van der Waals surface area contributed by atoms with E-state index in [-0.39, 0.29) is 17.4 Å². The molecule has 1 atom stereocenters. The van der Waals surface area contributed by atoms with E-state index in [4.69, 9.17) is 9.47 Å². The van der Waals surface area contributed by atoms with Crippen molar-refractivity contribution in [2.75, 3.05) is 19.8 Å². The van der Waals surface area contributed by atoms with Crippen molar-refractivity contribution in [3.05, 3.63) is 29.3 Å². The summed E-state index contributed by atoms with van der Waals surface area (Å²) in [5.41, 5.74) is 2.53. The van der Waals surface area contributed by atoms with Gasteiger partial charge in [-0.2, -0.15) is 0 Å². The van der Waals surface area contributed by atoms with Gasteiger partial charge in [-0.05, 0) is 29.4 Å². The molecule has 0 aliphatic carbocycles. The van der Waals surface area contributed by atoms with Crippen molar-refractivity contribution < 1.29 is 14.6 Å². The molecule has 0 spiro atoms. The predicted molar refractivity (Wildman–Crippen MR) is 91.8 cm³/mol. The number of hydrogen-bond acceptors (Lipinski definition) is 3. The summed E-state index contributed by atoms with van der Waals surface area (Å²) in [7, 11) is 0. The molecule has 0 fully saturated rings. The Hall–Kier alpha value is -1.06. The van der Waals surface area contributed by atoms with Crippen LogP contribution < -0.4 is 4.74 Å². The Morgan fingerprint density at radius 2 is 1.64 bits per heavy atom. The molecular formula is C19H32O3. The van der Waals surface area contributed by atoms with Gasteiger partial charge in [0.05, 0.1) is 6.61 Å². The summed E-state index contributed by atoms with van der Waals surface area (Å²) in [6, 6.07) is 6.19. The summed E-state index contributed by atoms with van der Waals surface area (Å²) in [5.74, 6) is 0.857. The maximum Gasteiger partial charge on any atom is 0.123 e. The fraction of sp³-hybridized carbons (Fsp3) is 0.684. The van der Waals surface area contributed by atoms with Crippen molar-refractivity contribution in [2.24, 2.45) is 0 Å². The largest absolute Gasteiger partial charge is 0.490 e. The van der Waals surface area contributed by atoms with Crippen LogP contribution >= 0.6 is 0 Å². The van der Waals surface area contributed by atoms with Gasteiger partial charge >= 0.3 is 0 Å². The number of aliphatic hydroxyl groups excluding tert-OH is 1. The first-order valence-corrected chi connectivity index (χ1v) is 8.10. The van der Waals surface area contributed by atoms with Crippen LogP contribution in [-0.2, 0) is 15.6 Å². The van der Waals surface area contributed by atoms with E-state index in [9.17, 15) is 5.11 Å². The highest BCUT2D eigenvalue weighted by molar-refractivity contribution is 5.47. The summed E-state index contributed by atoms with van der Waals surface area (Å²) < 4.78 is 11.2. The molecule has 0 radical (unpaired) electrons. The van der Waals surface area contributed by atoms with Gasteiger partial charge in [-0.3, -0.25) is 0 Å². The van der Waals surface area contributed by atoms with E-state index >= 15 is 0 Å². The zero-order valence-corrected chi connectivity index (χ0v) is 15.2. The summed E-state index contributed by atoms with van der Waals surface area (Å²) >= 11 is 0. The van der Waals surface area contributed by atoms with Crippen molar-refractivity contribution in [3.63, 3.8) is 0 Å². The van der Waals surface area contributed by atoms with Crippen LogP contribution in [0.25, 0.3) is 0 Å². The lowest BCUT2D eigenvalue weighted by molar-refractivity contribution is 0.0160. The van der Waals surface area contributed by atoms with Crippen LogP contribution in [0.5, 0.6) is 5.75 Å². The predicted octanol–water partition coefficient (Wildman–Crippen LogP) is 4.06.